The van der Waals surface area contributed by atoms with Crippen LogP contribution in [-0.4, -0.2) is 18.3 Å². The largest absolute Gasteiger partial charge is 0.381 e. The van der Waals surface area contributed by atoms with E-state index in [0.29, 0.717) is 6.42 Å². The third-order valence-electron chi connectivity index (χ3n) is 1.83. The van der Waals surface area contributed by atoms with Crippen LogP contribution in [0.4, 0.5) is 0 Å². The van der Waals surface area contributed by atoms with Crippen molar-refractivity contribution in [3.63, 3.8) is 0 Å². The summed E-state index contributed by atoms with van der Waals surface area (Å²) in [6.45, 7) is 1.89. The topological polar surface area (TPSA) is 26.3 Å². The minimum atomic E-state index is -0.00119. The van der Waals surface area contributed by atoms with Crippen LogP contribution in [0.5, 0.6) is 0 Å². The predicted molar refractivity (Wildman–Crippen MR) is 58.4 cm³/mol. The summed E-state index contributed by atoms with van der Waals surface area (Å²) < 4.78 is 5.02. The molecule has 3 heteroatoms. The van der Waals surface area contributed by atoms with Gasteiger partial charge < -0.3 is 4.74 Å². The van der Waals surface area contributed by atoms with Crippen LogP contribution >= 0.6 is 11.8 Å². The first-order valence-corrected chi connectivity index (χ1v) is 5.32. The molecule has 0 fully saturated rings. The van der Waals surface area contributed by atoms with Crippen molar-refractivity contribution in [1.82, 2.24) is 0 Å². The fourth-order valence-electron chi connectivity index (χ4n) is 0.980. The average Bonchev–Trinajstić information content (AvgIpc) is 2.19. The summed E-state index contributed by atoms with van der Waals surface area (Å²) in [6, 6.07) is 9.65. The fraction of sp³-hybridized carbons (Fsp3) is 0.364. The van der Waals surface area contributed by atoms with Gasteiger partial charge in [0.05, 0.1) is 6.10 Å². The molecule has 0 amide bonds. The van der Waals surface area contributed by atoms with Crippen LogP contribution < -0.4 is 0 Å². The monoisotopic (exact) mass is 210 g/mol. The number of thioether (sulfide) groups is 1. The summed E-state index contributed by atoms with van der Waals surface area (Å²) in [4.78, 5) is 12.5. The van der Waals surface area contributed by atoms with E-state index >= 15 is 0 Å². The third-order valence-corrected chi connectivity index (χ3v) is 2.73. The highest BCUT2D eigenvalue weighted by Crippen LogP contribution is 2.20. The van der Waals surface area contributed by atoms with Gasteiger partial charge >= 0.3 is 0 Å². The zero-order chi connectivity index (χ0) is 10.4. The van der Waals surface area contributed by atoms with Crippen LogP contribution in [0.1, 0.15) is 13.3 Å². The van der Waals surface area contributed by atoms with Gasteiger partial charge in [-0.1, -0.05) is 30.0 Å². The Balaban J connectivity index is 2.42. The van der Waals surface area contributed by atoms with E-state index in [-0.39, 0.29) is 11.2 Å². The van der Waals surface area contributed by atoms with Gasteiger partial charge in [0.15, 0.2) is 5.12 Å². The standard InChI is InChI=1S/C11H14O2S/c1-9(13-2)8-11(12)14-10-6-4-3-5-7-10/h3-7,9H,8H2,1-2H3. The summed E-state index contributed by atoms with van der Waals surface area (Å²) in [7, 11) is 1.62. The van der Waals surface area contributed by atoms with Gasteiger partial charge in [0.2, 0.25) is 0 Å². The Bertz CT molecular complexity index is 285. The molecule has 1 rings (SSSR count). The third kappa shape index (κ3) is 3.94. The van der Waals surface area contributed by atoms with Gasteiger partial charge in [0.1, 0.15) is 0 Å². The lowest BCUT2D eigenvalue weighted by molar-refractivity contribution is -0.112. The molecule has 0 aliphatic carbocycles. The Morgan fingerprint density at radius 2 is 2.07 bits per heavy atom. The van der Waals surface area contributed by atoms with E-state index in [9.17, 15) is 4.79 Å². The zero-order valence-corrected chi connectivity index (χ0v) is 9.21. The van der Waals surface area contributed by atoms with Gasteiger partial charge in [-0.05, 0) is 19.1 Å². The lowest BCUT2D eigenvalue weighted by Gasteiger charge is -2.07. The van der Waals surface area contributed by atoms with E-state index in [2.05, 4.69) is 0 Å². The Hall–Kier alpha value is -0.800. The summed E-state index contributed by atoms with van der Waals surface area (Å²) >= 11 is 1.27. The quantitative estimate of drug-likeness (QED) is 0.715. The number of benzene rings is 1. The maximum Gasteiger partial charge on any atom is 0.196 e. The summed E-state index contributed by atoms with van der Waals surface area (Å²) in [5.74, 6) is 0. The highest BCUT2D eigenvalue weighted by molar-refractivity contribution is 8.13. The first-order valence-electron chi connectivity index (χ1n) is 4.51. The molecule has 76 valence electrons. The Morgan fingerprint density at radius 1 is 1.43 bits per heavy atom. The van der Waals surface area contributed by atoms with Crippen LogP contribution in [0.3, 0.4) is 0 Å². The number of methoxy groups -OCH3 is 1. The van der Waals surface area contributed by atoms with Crippen LogP contribution in [0.2, 0.25) is 0 Å². The minimum Gasteiger partial charge on any atom is -0.381 e. The Labute approximate surface area is 88.7 Å². The molecule has 14 heavy (non-hydrogen) atoms. The van der Waals surface area contributed by atoms with Gasteiger partial charge in [-0.15, -0.1) is 0 Å². The number of hydrogen-bond donors (Lipinski definition) is 0. The molecule has 0 bridgehead atoms. The van der Waals surface area contributed by atoms with E-state index in [1.807, 2.05) is 37.3 Å². The Morgan fingerprint density at radius 3 is 2.64 bits per heavy atom. The number of carbonyl (C=O) groups excluding carboxylic acids is 1. The molecule has 0 aliphatic heterocycles. The van der Waals surface area contributed by atoms with Crippen LogP contribution in [-0.2, 0) is 9.53 Å². The fourth-order valence-corrected chi connectivity index (χ4v) is 1.85. The molecule has 0 saturated carbocycles. The number of ether oxygens (including phenoxy) is 1. The molecular weight excluding hydrogens is 196 g/mol. The summed E-state index contributed by atoms with van der Waals surface area (Å²) in [5.41, 5.74) is 0. The molecule has 0 saturated heterocycles. The van der Waals surface area contributed by atoms with Crippen LogP contribution in [0.15, 0.2) is 35.2 Å². The summed E-state index contributed by atoms with van der Waals surface area (Å²) in [5, 5.41) is 0.144. The van der Waals surface area contributed by atoms with Crippen molar-refractivity contribution in [2.24, 2.45) is 0 Å². The van der Waals surface area contributed by atoms with Crippen LogP contribution in [0.25, 0.3) is 0 Å². The van der Waals surface area contributed by atoms with Crippen molar-refractivity contribution in [3.8, 4) is 0 Å². The lowest BCUT2D eigenvalue weighted by Crippen LogP contribution is -2.09. The maximum absolute atomic E-state index is 11.5. The first-order chi connectivity index (χ1) is 6.72. The highest BCUT2D eigenvalue weighted by Gasteiger charge is 2.09. The van der Waals surface area contributed by atoms with Gasteiger partial charge in [0.25, 0.3) is 0 Å². The number of hydrogen-bond acceptors (Lipinski definition) is 3. The molecule has 2 nitrogen and oxygen atoms in total. The molecule has 0 spiro atoms. The van der Waals surface area contributed by atoms with Crippen LogP contribution in [0, 0.1) is 0 Å². The van der Waals surface area contributed by atoms with Crippen molar-refractivity contribution in [3.05, 3.63) is 30.3 Å². The normalized spacial score (nSPS) is 12.4. The van der Waals surface area contributed by atoms with Crippen molar-refractivity contribution in [2.45, 2.75) is 24.3 Å². The van der Waals surface area contributed by atoms with Crippen molar-refractivity contribution in [2.75, 3.05) is 7.11 Å². The Kier molecular flexibility index (Phi) is 4.70. The van der Waals surface area contributed by atoms with Crippen molar-refractivity contribution < 1.29 is 9.53 Å². The maximum atomic E-state index is 11.5. The van der Waals surface area contributed by atoms with E-state index in [0.717, 1.165) is 4.90 Å². The molecular formula is C11H14O2S. The molecule has 0 heterocycles. The molecule has 0 radical (unpaired) electrons. The molecule has 0 aromatic heterocycles. The molecule has 0 N–H and O–H groups in total. The number of carbonyl (C=O) groups is 1. The van der Waals surface area contributed by atoms with E-state index in [1.54, 1.807) is 7.11 Å². The molecule has 1 aromatic carbocycles. The van der Waals surface area contributed by atoms with E-state index in [1.165, 1.54) is 11.8 Å². The smallest absolute Gasteiger partial charge is 0.196 e. The molecule has 0 aliphatic rings. The summed E-state index contributed by atoms with van der Waals surface area (Å²) in [6.07, 6.45) is 0.453. The molecule has 1 atom stereocenters. The zero-order valence-electron chi connectivity index (χ0n) is 8.40. The first kappa shape index (κ1) is 11.3. The van der Waals surface area contributed by atoms with Gasteiger partial charge in [-0.25, -0.2) is 0 Å². The van der Waals surface area contributed by atoms with Crippen molar-refractivity contribution in [1.29, 1.82) is 0 Å². The minimum absolute atomic E-state index is 0.00119. The van der Waals surface area contributed by atoms with E-state index < -0.39 is 0 Å². The second kappa shape index (κ2) is 5.83. The molecule has 1 aromatic rings. The second-order valence-corrected chi connectivity index (χ2v) is 4.17. The van der Waals surface area contributed by atoms with E-state index in [4.69, 9.17) is 4.74 Å². The SMILES string of the molecule is COC(C)CC(=O)Sc1ccccc1. The van der Waals surface area contributed by atoms with Gasteiger partial charge in [0, 0.05) is 18.4 Å². The lowest BCUT2D eigenvalue weighted by atomic mass is 10.3. The second-order valence-electron chi connectivity index (χ2n) is 3.04. The predicted octanol–water partition coefficient (Wildman–Crippen LogP) is 2.73. The highest BCUT2D eigenvalue weighted by atomic mass is 32.2. The van der Waals surface area contributed by atoms with Gasteiger partial charge in [-0.3, -0.25) is 4.79 Å². The molecule has 1 unspecified atom stereocenters. The number of rotatable bonds is 4. The van der Waals surface area contributed by atoms with Crippen molar-refractivity contribution >= 4 is 16.9 Å². The average molecular weight is 210 g/mol. The van der Waals surface area contributed by atoms with Gasteiger partial charge in [-0.2, -0.15) is 0 Å².